The van der Waals surface area contributed by atoms with Gasteiger partial charge in [-0.25, -0.2) is 13.8 Å². The number of carbonyl (C=O) groups excluding carboxylic acids is 1. The molecule has 2 aromatic heterocycles. The highest BCUT2D eigenvalue weighted by Gasteiger charge is 2.28. The van der Waals surface area contributed by atoms with Crippen LogP contribution in [0.25, 0.3) is 0 Å². The maximum atomic E-state index is 13.8. The molecule has 1 amide bonds. The van der Waals surface area contributed by atoms with Crippen molar-refractivity contribution in [2.45, 2.75) is 19.4 Å². The van der Waals surface area contributed by atoms with Crippen molar-refractivity contribution >= 4 is 23.2 Å². The van der Waals surface area contributed by atoms with Gasteiger partial charge in [0.25, 0.3) is 0 Å². The van der Waals surface area contributed by atoms with E-state index in [1.54, 1.807) is 16.2 Å². The van der Waals surface area contributed by atoms with Crippen molar-refractivity contribution < 1.29 is 23.0 Å². The topological polar surface area (TPSA) is 67.8 Å². The Morgan fingerprint density at radius 2 is 1.97 bits per heavy atom. The van der Waals surface area contributed by atoms with Gasteiger partial charge in [0.05, 0.1) is 37.4 Å². The molecule has 2 aliphatic rings. The first-order valence-electron chi connectivity index (χ1n) is 10.7. The van der Waals surface area contributed by atoms with Gasteiger partial charge in [0.1, 0.15) is 5.75 Å². The van der Waals surface area contributed by atoms with Crippen molar-refractivity contribution in [3.05, 3.63) is 63.5 Å². The van der Waals surface area contributed by atoms with Crippen LogP contribution in [0.4, 0.5) is 14.7 Å². The largest absolute Gasteiger partial charge is 0.438 e. The quantitative estimate of drug-likeness (QED) is 0.566. The molecule has 5 rings (SSSR count). The van der Waals surface area contributed by atoms with Crippen LogP contribution in [0.2, 0.25) is 0 Å². The van der Waals surface area contributed by atoms with Crippen molar-refractivity contribution in [1.29, 1.82) is 0 Å². The van der Waals surface area contributed by atoms with Crippen LogP contribution in [0.3, 0.4) is 0 Å². The summed E-state index contributed by atoms with van der Waals surface area (Å²) >= 11 is 1.55. The lowest BCUT2D eigenvalue weighted by atomic mass is 10.1. The minimum Gasteiger partial charge on any atom is -0.438 e. The average Bonchev–Trinajstić information content (AvgIpc) is 3.34. The maximum Gasteiger partial charge on any atom is 0.229 e. The Bertz CT molecular complexity index is 1150. The van der Waals surface area contributed by atoms with Gasteiger partial charge in [-0.05, 0) is 23.6 Å². The lowest BCUT2D eigenvalue weighted by Crippen LogP contribution is -2.40. The maximum absolute atomic E-state index is 13.8. The summed E-state index contributed by atoms with van der Waals surface area (Å²) in [6.07, 6.45) is 0.887. The van der Waals surface area contributed by atoms with Crippen LogP contribution in [0, 0.1) is 11.6 Å². The van der Waals surface area contributed by atoms with Gasteiger partial charge in [0, 0.05) is 37.0 Å². The zero-order valence-corrected chi connectivity index (χ0v) is 18.6. The molecule has 3 aromatic rings. The normalized spacial score (nSPS) is 15.9. The molecule has 2 aliphatic heterocycles. The molecule has 172 valence electrons. The molecule has 7 nitrogen and oxygen atoms in total. The van der Waals surface area contributed by atoms with Crippen LogP contribution < -0.4 is 9.64 Å². The van der Waals surface area contributed by atoms with E-state index in [9.17, 15) is 13.6 Å². The number of anilines is 1. The van der Waals surface area contributed by atoms with E-state index in [1.807, 2.05) is 22.4 Å². The third kappa shape index (κ3) is 4.81. The van der Waals surface area contributed by atoms with Crippen LogP contribution in [0.15, 0.2) is 35.7 Å². The van der Waals surface area contributed by atoms with E-state index in [0.29, 0.717) is 63.7 Å². The van der Waals surface area contributed by atoms with Gasteiger partial charge < -0.3 is 19.3 Å². The molecule has 0 N–H and O–H groups in total. The number of amides is 1. The Morgan fingerprint density at radius 3 is 2.73 bits per heavy atom. The second-order valence-corrected chi connectivity index (χ2v) is 8.89. The van der Waals surface area contributed by atoms with Crippen LogP contribution in [0.5, 0.6) is 11.6 Å². The van der Waals surface area contributed by atoms with Crippen LogP contribution in [-0.4, -0.2) is 53.6 Å². The number of halogens is 2. The van der Waals surface area contributed by atoms with Gasteiger partial charge in [-0.15, -0.1) is 11.3 Å². The third-order valence-corrected chi connectivity index (χ3v) is 6.54. The lowest BCUT2D eigenvalue weighted by Gasteiger charge is -2.32. The Hall–Kier alpha value is -3.11. The molecule has 10 heteroatoms. The average molecular weight is 473 g/mol. The molecular weight excluding hydrogens is 450 g/mol. The van der Waals surface area contributed by atoms with Crippen LogP contribution in [0.1, 0.15) is 16.1 Å². The molecule has 1 saturated heterocycles. The highest BCUT2D eigenvalue weighted by molar-refractivity contribution is 7.10. The second kappa shape index (κ2) is 9.40. The minimum atomic E-state index is -1.00. The van der Waals surface area contributed by atoms with Crippen LogP contribution >= 0.6 is 11.3 Å². The van der Waals surface area contributed by atoms with Crippen LogP contribution in [-0.2, 0) is 28.9 Å². The molecular formula is C23H22F2N4O3S. The minimum absolute atomic E-state index is 0.0131. The Balaban J connectivity index is 1.45. The fraction of sp³-hybridized carbons (Fsp3) is 0.348. The van der Waals surface area contributed by atoms with Crippen molar-refractivity contribution in [3.8, 4) is 11.6 Å². The van der Waals surface area contributed by atoms with Gasteiger partial charge in [-0.2, -0.15) is 4.98 Å². The van der Waals surface area contributed by atoms with E-state index in [-0.39, 0.29) is 17.5 Å². The Labute approximate surface area is 193 Å². The fourth-order valence-corrected chi connectivity index (χ4v) is 4.60. The molecule has 33 heavy (non-hydrogen) atoms. The van der Waals surface area contributed by atoms with Gasteiger partial charge in [0.15, 0.2) is 11.6 Å². The molecule has 0 unspecified atom stereocenters. The van der Waals surface area contributed by atoms with Crippen molar-refractivity contribution in [2.75, 3.05) is 37.7 Å². The standard InChI is InChI=1S/C23H22F2N4O3S/c24-18-4-3-15(12-19(18)25)32-22-17-14-29(21(30)13-16-2-1-11-33-16)6-5-20(17)26-23(27-22)28-7-9-31-10-8-28/h1-4,11-12H,5-10,13-14H2. The van der Waals surface area contributed by atoms with E-state index in [2.05, 4.69) is 4.98 Å². The molecule has 4 heterocycles. The van der Waals surface area contributed by atoms with E-state index in [0.717, 1.165) is 22.7 Å². The number of hydrogen-bond acceptors (Lipinski definition) is 7. The van der Waals surface area contributed by atoms with Gasteiger partial charge in [-0.1, -0.05) is 6.07 Å². The Kier molecular flexibility index (Phi) is 6.19. The summed E-state index contributed by atoms with van der Waals surface area (Å²) in [6, 6.07) is 7.21. The summed E-state index contributed by atoms with van der Waals surface area (Å²) in [7, 11) is 0. The highest BCUT2D eigenvalue weighted by atomic mass is 32.1. The molecule has 0 bridgehead atoms. The zero-order chi connectivity index (χ0) is 22.8. The second-order valence-electron chi connectivity index (χ2n) is 7.85. The van der Waals surface area contributed by atoms with Gasteiger partial charge in [0.2, 0.25) is 17.7 Å². The summed E-state index contributed by atoms with van der Waals surface area (Å²) in [5, 5.41) is 1.95. The zero-order valence-electron chi connectivity index (χ0n) is 17.8. The van der Waals surface area contributed by atoms with E-state index in [4.69, 9.17) is 14.5 Å². The van der Waals surface area contributed by atoms with Crippen molar-refractivity contribution in [3.63, 3.8) is 0 Å². The number of nitrogens with zero attached hydrogens (tertiary/aromatic N) is 4. The molecule has 0 aliphatic carbocycles. The summed E-state index contributed by atoms with van der Waals surface area (Å²) in [5.41, 5.74) is 1.48. The smallest absolute Gasteiger partial charge is 0.229 e. The van der Waals surface area contributed by atoms with Crippen molar-refractivity contribution in [1.82, 2.24) is 14.9 Å². The number of thiophene rings is 1. The predicted octanol–water partition coefficient (Wildman–Crippen LogP) is 3.57. The Morgan fingerprint density at radius 1 is 1.12 bits per heavy atom. The van der Waals surface area contributed by atoms with Crippen molar-refractivity contribution in [2.24, 2.45) is 0 Å². The number of hydrogen-bond donors (Lipinski definition) is 0. The summed E-state index contributed by atoms with van der Waals surface area (Å²) < 4.78 is 38.5. The summed E-state index contributed by atoms with van der Waals surface area (Å²) in [6.45, 7) is 3.28. The van der Waals surface area contributed by atoms with Gasteiger partial charge >= 0.3 is 0 Å². The number of carbonyl (C=O) groups is 1. The SMILES string of the molecule is O=C(Cc1cccs1)N1CCc2nc(N3CCOCC3)nc(Oc3ccc(F)c(F)c3)c2C1. The number of rotatable bonds is 5. The monoisotopic (exact) mass is 472 g/mol. The number of ether oxygens (including phenoxy) is 2. The highest BCUT2D eigenvalue weighted by Crippen LogP contribution is 2.32. The number of aromatic nitrogens is 2. The number of morpholine rings is 1. The first-order valence-corrected chi connectivity index (χ1v) is 11.6. The summed E-state index contributed by atoms with van der Waals surface area (Å²) in [5.74, 6) is -1.05. The first kappa shape index (κ1) is 21.7. The lowest BCUT2D eigenvalue weighted by molar-refractivity contribution is -0.131. The third-order valence-electron chi connectivity index (χ3n) is 5.67. The summed E-state index contributed by atoms with van der Waals surface area (Å²) in [4.78, 5) is 27.0. The molecule has 0 saturated carbocycles. The van der Waals surface area contributed by atoms with E-state index >= 15 is 0 Å². The predicted molar refractivity (Wildman–Crippen MR) is 119 cm³/mol. The van der Waals surface area contributed by atoms with E-state index in [1.165, 1.54) is 6.07 Å². The molecule has 0 atom stereocenters. The number of fused-ring (bicyclic) bond motifs is 1. The first-order chi connectivity index (χ1) is 16.1. The fourth-order valence-electron chi connectivity index (χ4n) is 3.90. The van der Waals surface area contributed by atoms with Gasteiger partial charge in [-0.3, -0.25) is 4.79 Å². The van der Waals surface area contributed by atoms with E-state index < -0.39 is 11.6 Å². The molecule has 0 spiro atoms. The number of benzene rings is 1. The molecule has 0 radical (unpaired) electrons. The molecule has 1 fully saturated rings. The molecule has 1 aromatic carbocycles.